The molecule has 0 aromatic rings. The highest BCUT2D eigenvalue weighted by Crippen LogP contribution is 2.31. The molecule has 3 N–H and O–H groups in total. The van der Waals surface area contributed by atoms with Gasteiger partial charge in [-0.1, -0.05) is 26.7 Å². The van der Waals surface area contributed by atoms with Crippen molar-refractivity contribution in [3.05, 3.63) is 0 Å². The van der Waals surface area contributed by atoms with Gasteiger partial charge in [-0.05, 0) is 43.7 Å². The van der Waals surface area contributed by atoms with E-state index in [1.807, 2.05) is 0 Å². The first-order valence-corrected chi connectivity index (χ1v) is 6.17. The lowest BCUT2D eigenvalue weighted by Gasteiger charge is -2.30. The van der Waals surface area contributed by atoms with Gasteiger partial charge in [0.25, 0.3) is 0 Å². The van der Waals surface area contributed by atoms with Crippen LogP contribution in [0.1, 0.15) is 46.0 Å². The van der Waals surface area contributed by atoms with Gasteiger partial charge >= 0.3 is 0 Å². The first-order valence-electron chi connectivity index (χ1n) is 6.17. The number of hydrogen-bond acceptors (Lipinski definition) is 2. The molecule has 0 saturated heterocycles. The van der Waals surface area contributed by atoms with E-state index in [4.69, 9.17) is 5.73 Å². The summed E-state index contributed by atoms with van der Waals surface area (Å²) in [5.74, 6) is 1.04. The number of nitrogens with two attached hydrogens (primary N) is 1. The maximum absolute atomic E-state index is 5.84. The number of hydrogen-bond donors (Lipinski definition) is 2. The average Bonchev–Trinajstić information content (AvgIpc) is 3.03. The molecular weight excluding hydrogens is 172 g/mol. The lowest BCUT2D eigenvalue weighted by Crippen LogP contribution is -2.39. The van der Waals surface area contributed by atoms with Crippen molar-refractivity contribution in [1.29, 1.82) is 0 Å². The fourth-order valence-electron chi connectivity index (χ4n) is 1.93. The highest BCUT2D eigenvalue weighted by atomic mass is 14.9. The van der Waals surface area contributed by atoms with Crippen LogP contribution < -0.4 is 11.1 Å². The Balaban J connectivity index is 2.11. The van der Waals surface area contributed by atoms with Crippen LogP contribution in [0, 0.1) is 11.3 Å². The van der Waals surface area contributed by atoms with Crippen LogP contribution in [0.3, 0.4) is 0 Å². The van der Waals surface area contributed by atoms with E-state index in [2.05, 4.69) is 19.2 Å². The second-order valence-corrected chi connectivity index (χ2v) is 4.82. The lowest BCUT2D eigenvalue weighted by molar-refractivity contribution is 0.258. The zero-order valence-corrected chi connectivity index (χ0v) is 9.81. The number of nitrogens with one attached hydrogen (secondary N) is 1. The van der Waals surface area contributed by atoms with Gasteiger partial charge in [-0.15, -0.1) is 0 Å². The normalized spacial score (nSPS) is 17.4. The minimum atomic E-state index is 0.351. The average molecular weight is 198 g/mol. The molecule has 1 rings (SSSR count). The summed E-state index contributed by atoms with van der Waals surface area (Å²) in [6, 6.07) is 0. The van der Waals surface area contributed by atoms with Gasteiger partial charge in [-0.3, -0.25) is 0 Å². The van der Waals surface area contributed by atoms with Gasteiger partial charge in [0, 0.05) is 6.54 Å². The minimum Gasteiger partial charge on any atom is -0.330 e. The molecule has 2 nitrogen and oxygen atoms in total. The van der Waals surface area contributed by atoms with Gasteiger partial charge in [-0.2, -0.15) is 0 Å². The molecule has 1 saturated carbocycles. The van der Waals surface area contributed by atoms with Gasteiger partial charge in [0.15, 0.2) is 0 Å². The van der Waals surface area contributed by atoms with Gasteiger partial charge in [0.1, 0.15) is 0 Å². The third-order valence-electron chi connectivity index (χ3n) is 3.86. The molecule has 1 aliphatic rings. The maximum Gasteiger partial charge on any atom is 0.00197 e. The second-order valence-electron chi connectivity index (χ2n) is 4.82. The van der Waals surface area contributed by atoms with E-state index < -0.39 is 0 Å². The van der Waals surface area contributed by atoms with Crippen LogP contribution in [0.5, 0.6) is 0 Å². The van der Waals surface area contributed by atoms with Crippen molar-refractivity contribution in [2.45, 2.75) is 46.0 Å². The van der Waals surface area contributed by atoms with Crippen LogP contribution in [-0.2, 0) is 0 Å². The Hall–Kier alpha value is -0.0800. The Kier molecular flexibility index (Phi) is 4.90. The van der Waals surface area contributed by atoms with Crippen LogP contribution in [0.25, 0.3) is 0 Å². The first-order chi connectivity index (χ1) is 6.76. The van der Waals surface area contributed by atoms with E-state index >= 15 is 0 Å². The molecule has 1 aliphatic carbocycles. The van der Waals surface area contributed by atoms with Crippen LogP contribution in [0.15, 0.2) is 0 Å². The Morgan fingerprint density at radius 1 is 1.29 bits per heavy atom. The smallest absolute Gasteiger partial charge is 0.00197 e. The topological polar surface area (TPSA) is 38.0 Å². The molecule has 0 heterocycles. The number of rotatable bonds is 8. The summed E-state index contributed by atoms with van der Waals surface area (Å²) in [5, 5.41) is 3.57. The monoisotopic (exact) mass is 198 g/mol. The molecule has 0 amide bonds. The highest BCUT2D eigenvalue weighted by Gasteiger charge is 2.24. The van der Waals surface area contributed by atoms with Gasteiger partial charge < -0.3 is 11.1 Å². The molecule has 1 fully saturated rings. The molecule has 0 aromatic heterocycles. The van der Waals surface area contributed by atoms with Crippen molar-refractivity contribution >= 4 is 0 Å². The van der Waals surface area contributed by atoms with Crippen LogP contribution >= 0.6 is 0 Å². The van der Waals surface area contributed by atoms with Gasteiger partial charge in [-0.25, -0.2) is 0 Å². The van der Waals surface area contributed by atoms with E-state index in [9.17, 15) is 0 Å². The molecule has 84 valence electrons. The molecule has 14 heavy (non-hydrogen) atoms. The first kappa shape index (κ1) is 12.0. The van der Waals surface area contributed by atoms with Crippen LogP contribution in [0.2, 0.25) is 0 Å². The summed E-state index contributed by atoms with van der Waals surface area (Å²) in [5.41, 5.74) is 6.19. The summed E-state index contributed by atoms with van der Waals surface area (Å²) in [6.45, 7) is 7.60. The second kappa shape index (κ2) is 5.72. The Labute approximate surface area is 88.6 Å². The Morgan fingerprint density at radius 3 is 2.36 bits per heavy atom. The van der Waals surface area contributed by atoms with E-state index in [1.54, 1.807) is 0 Å². The molecule has 0 atom stereocenters. The van der Waals surface area contributed by atoms with Crippen molar-refractivity contribution in [1.82, 2.24) is 5.32 Å². The molecule has 0 spiro atoms. The van der Waals surface area contributed by atoms with Crippen molar-refractivity contribution in [3.63, 3.8) is 0 Å². The lowest BCUT2D eigenvalue weighted by atomic mass is 9.82. The summed E-state index contributed by atoms with van der Waals surface area (Å²) in [7, 11) is 0. The third kappa shape index (κ3) is 3.58. The fourth-order valence-corrected chi connectivity index (χ4v) is 1.93. The molecular formula is C12H26N2. The molecule has 0 unspecified atom stereocenters. The highest BCUT2D eigenvalue weighted by molar-refractivity contribution is 4.81. The SMILES string of the molecule is CCC(CC)(CN)CNCCC1CC1. The summed E-state index contributed by atoms with van der Waals surface area (Å²) >= 11 is 0. The van der Waals surface area contributed by atoms with Crippen molar-refractivity contribution in [2.24, 2.45) is 17.1 Å². The van der Waals surface area contributed by atoms with Crippen molar-refractivity contribution in [2.75, 3.05) is 19.6 Å². The molecule has 0 bridgehead atoms. The van der Waals surface area contributed by atoms with E-state index in [0.717, 1.165) is 19.0 Å². The van der Waals surface area contributed by atoms with E-state index in [-0.39, 0.29) is 0 Å². The molecule has 0 radical (unpaired) electrons. The van der Waals surface area contributed by atoms with Crippen molar-refractivity contribution < 1.29 is 0 Å². The Bertz CT molecular complexity index is 140. The summed E-state index contributed by atoms with van der Waals surface area (Å²) in [6.07, 6.45) is 6.68. The Morgan fingerprint density at radius 2 is 1.93 bits per heavy atom. The predicted octanol–water partition coefficient (Wildman–Crippen LogP) is 2.14. The van der Waals surface area contributed by atoms with Crippen molar-refractivity contribution in [3.8, 4) is 0 Å². The van der Waals surface area contributed by atoms with Crippen LogP contribution in [0.4, 0.5) is 0 Å². The quantitative estimate of drug-likeness (QED) is 0.586. The molecule has 2 heteroatoms. The molecule has 0 aliphatic heterocycles. The zero-order valence-electron chi connectivity index (χ0n) is 9.81. The third-order valence-corrected chi connectivity index (χ3v) is 3.86. The standard InChI is InChI=1S/C12H26N2/c1-3-12(4-2,9-13)10-14-8-7-11-5-6-11/h11,14H,3-10,13H2,1-2H3. The van der Waals surface area contributed by atoms with E-state index in [0.29, 0.717) is 5.41 Å². The minimum absolute atomic E-state index is 0.351. The maximum atomic E-state index is 5.84. The molecule has 0 aromatic carbocycles. The fraction of sp³-hybridized carbons (Fsp3) is 1.00. The summed E-state index contributed by atoms with van der Waals surface area (Å²) in [4.78, 5) is 0. The zero-order chi connectivity index (χ0) is 10.4. The predicted molar refractivity (Wildman–Crippen MR) is 62.3 cm³/mol. The summed E-state index contributed by atoms with van der Waals surface area (Å²) < 4.78 is 0. The largest absolute Gasteiger partial charge is 0.330 e. The van der Waals surface area contributed by atoms with Gasteiger partial charge in [0.05, 0.1) is 0 Å². The van der Waals surface area contributed by atoms with Gasteiger partial charge in [0.2, 0.25) is 0 Å². The van der Waals surface area contributed by atoms with Crippen LogP contribution in [-0.4, -0.2) is 19.6 Å². The van der Waals surface area contributed by atoms with E-state index in [1.165, 1.54) is 38.6 Å².